The normalized spacial score (nSPS) is 10.2. The van der Waals surface area contributed by atoms with Gasteiger partial charge < -0.3 is 10.1 Å². The second-order valence-electron chi connectivity index (χ2n) is 4.64. The minimum Gasteiger partial charge on any atom is -0.451 e. The van der Waals surface area contributed by atoms with Gasteiger partial charge in [-0.05, 0) is 32.9 Å². The molecule has 0 atom stereocenters. The Kier molecular flexibility index (Phi) is 4.70. The van der Waals surface area contributed by atoms with Gasteiger partial charge in [0.2, 0.25) is 0 Å². The molecular formula is C15H16N2O3S. The van der Waals surface area contributed by atoms with Crippen LogP contribution in [0.4, 0.5) is 5.69 Å². The Morgan fingerprint density at radius 3 is 2.43 bits per heavy atom. The molecule has 0 aliphatic heterocycles. The molecule has 1 heterocycles. The Labute approximate surface area is 127 Å². The number of hydrogen-bond acceptors (Lipinski definition) is 5. The van der Waals surface area contributed by atoms with Crippen molar-refractivity contribution in [2.75, 3.05) is 11.9 Å². The maximum absolute atomic E-state index is 11.8. The largest absolute Gasteiger partial charge is 0.451 e. The second-order valence-corrected chi connectivity index (χ2v) is 5.84. The van der Waals surface area contributed by atoms with Gasteiger partial charge in [-0.25, -0.2) is 9.78 Å². The van der Waals surface area contributed by atoms with Crippen LogP contribution in [0.25, 0.3) is 0 Å². The Bertz CT molecular complexity index is 662. The van der Waals surface area contributed by atoms with E-state index in [0.717, 1.165) is 10.6 Å². The molecule has 1 amide bonds. The summed E-state index contributed by atoms with van der Waals surface area (Å²) in [5, 5.41) is 3.46. The highest BCUT2D eigenvalue weighted by molar-refractivity contribution is 7.13. The number of benzene rings is 1. The fourth-order valence-corrected chi connectivity index (χ4v) is 2.56. The van der Waals surface area contributed by atoms with E-state index in [-0.39, 0.29) is 12.5 Å². The third-order valence-corrected chi connectivity index (χ3v) is 3.81. The number of carbonyl (C=O) groups excluding carboxylic acids is 2. The maximum Gasteiger partial charge on any atom is 0.350 e. The molecule has 0 radical (unpaired) electrons. The number of hydrogen-bond donors (Lipinski definition) is 1. The molecule has 0 bridgehead atoms. The Morgan fingerprint density at radius 1 is 1.19 bits per heavy atom. The van der Waals surface area contributed by atoms with Crippen LogP contribution >= 0.6 is 11.3 Å². The number of esters is 1. The molecule has 0 fully saturated rings. The lowest BCUT2D eigenvalue weighted by Crippen LogP contribution is -2.20. The van der Waals surface area contributed by atoms with Crippen molar-refractivity contribution in [3.8, 4) is 0 Å². The summed E-state index contributed by atoms with van der Waals surface area (Å²) < 4.78 is 5.00. The fourth-order valence-electron chi connectivity index (χ4n) is 1.75. The fraction of sp³-hybridized carbons (Fsp3) is 0.267. The van der Waals surface area contributed by atoms with E-state index in [0.29, 0.717) is 16.3 Å². The number of carbonyl (C=O) groups is 2. The number of thiazole rings is 1. The SMILES string of the molecule is Cc1ccc(NC(=O)COC(=O)c2sc(C)nc2C)cc1. The summed E-state index contributed by atoms with van der Waals surface area (Å²) in [6.07, 6.45) is 0. The molecule has 0 aliphatic carbocycles. The van der Waals surface area contributed by atoms with Gasteiger partial charge in [-0.1, -0.05) is 17.7 Å². The third-order valence-electron chi connectivity index (χ3n) is 2.76. The summed E-state index contributed by atoms with van der Waals surface area (Å²) in [7, 11) is 0. The molecule has 2 aromatic rings. The first-order valence-corrected chi connectivity index (χ1v) is 7.25. The molecule has 0 spiro atoms. The standard InChI is InChI=1S/C15H16N2O3S/c1-9-4-6-12(7-5-9)17-13(18)8-20-15(19)14-10(2)16-11(3)21-14/h4-7H,8H2,1-3H3,(H,17,18). The zero-order chi connectivity index (χ0) is 15.4. The number of aromatic nitrogens is 1. The average molecular weight is 304 g/mol. The lowest BCUT2D eigenvalue weighted by atomic mass is 10.2. The van der Waals surface area contributed by atoms with Crippen LogP contribution in [0.1, 0.15) is 25.9 Å². The van der Waals surface area contributed by atoms with Crippen molar-refractivity contribution in [3.63, 3.8) is 0 Å². The van der Waals surface area contributed by atoms with Gasteiger partial charge in [0.25, 0.3) is 5.91 Å². The summed E-state index contributed by atoms with van der Waals surface area (Å²) >= 11 is 1.26. The molecule has 110 valence electrons. The van der Waals surface area contributed by atoms with E-state index >= 15 is 0 Å². The molecule has 0 saturated carbocycles. The van der Waals surface area contributed by atoms with E-state index in [4.69, 9.17) is 4.74 Å². The molecule has 0 aliphatic rings. The average Bonchev–Trinajstić information content (AvgIpc) is 2.78. The van der Waals surface area contributed by atoms with Crippen LogP contribution in [0.15, 0.2) is 24.3 Å². The van der Waals surface area contributed by atoms with Crippen molar-refractivity contribution in [1.29, 1.82) is 0 Å². The highest BCUT2D eigenvalue weighted by Gasteiger charge is 2.16. The number of rotatable bonds is 4. The van der Waals surface area contributed by atoms with E-state index in [1.165, 1.54) is 11.3 Å². The van der Waals surface area contributed by atoms with Crippen molar-refractivity contribution in [2.24, 2.45) is 0 Å². The van der Waals surface area contributed by atoms with Gasteiger partial charge in [0.15, 0.2) is 6.61 Å². The molecule has 1 aromatic heterocycles. The number of anilines is 1. The molecule has 6 heteroatoms. The van der Waals surface area contributed by atoms with Gasteiger partial charge >= 0.3 is 5.97 Å². The zero-order valence-electron chi connectivity index (χ0n) is 12.1. The first-order valence-electron chi connectivity index (χ1n) is 6.43. The van der Waals surface area contributed by atoms with Crippen LogP contribution < -0.4 is 5.32 Å². The van der Waals surface area contributed by atoms with Crippen LogP contribution in [0.3, 0.4) is 0 Å². The summed E-state index contributed by atoms with van der Waals surface area (Å²) in [6.45, 7) is 5.21. The quantitative estimate of drug-likeness (QED) is 0.882. The Morgan fingerprint density at radius 2 is 1.86 bits per heavy atom. The summed E-state index contributed by atoms with van der Waals surface area (Å²) in [5.41, 5.74) is 2.41. The first kappa shape index (κ1) is 15.2. The van der Waals surface area contributed by atoms with E-state index < -0.39 is 5.97 Å². The van der Waals surface area contributed by atoms with Crippen LogP contribution in [0.5, 0.6) is 0 Å². The highest BCUT2D eigenvalue weighted by Crippen LogP contribution is 2.18. The van der Waals surface area contributed by atoms with Crippen molar-refractivity contribution in [2.45, 2.75) is 20.8 Å². The smallest absolute Gasteiger partial charge is 0.350 e. The molecular weight excluding hydrogens is 288 g/mol. The zero-order valence-corrected chi connectivity index (χ0v) is 12.9. The molecule has 1 N–H and O–H groups in total. The summed E-state index contributed by atoms with van der Waals surface area (Å²) in [4.78, 5) is 28.2. The minimum atomic E-state index is -0.517. The van der Waals surface area contributed by atoms with Gasteiger partial charge in [0, 0.05) is 5.69 Å². The van der Waals surface area contributed by atoms with Crippen molar-refractivity contribution in [1.82, 2.24) is 4.98 Å². The maximum atomic E-state index is 11.8. The topological polar surface area (TPSA) is 68.3 Å². The highest BCUT2D eigenvalue weighted by atomic mass is 32.1. The van der Waals surface area contributed by atoms with Gasteiger partial charge in [-0.15, -0.1) is 11.3 Å². The molecule has 0 saturated heterocycles. The minimum absolute atomic E-state index is 0.316. The van der Waals surface area contributed by atoms with Gasteiger partial charge in [0.1, 0.15) is 4.88 Å². The van der Waals surface area contributed by atoms with Crippen LogP contribution in [-0.2, 0) is 9.53 Å². The van der Waals surface area contributed by atoms with Crippen LogP contribution in [-0.4, -0.2) is 23.5 Å². The predicted molar refractivity (Wildman–Crippen MR) is 81.7 cm³/mol. The number of amides is 1. The monoisotopic (exact) mass is 304 g/mol. The number of aryl methyl sites for hydroxylation is 3. The van der Waals surface area contributed by atoms with Crippen LogP contribution in [0.2, 0.25) is 0 Å². The Balaban J connectivity index is 1.88. The second kappa shape index (κ2) is 6.49. The number of nitrogens with one attached hydrogen (secondary N) is 1. The van der Waals surface area contributed by atoms with Crippen molar-refractivity contribution >= 4 is 28.9 Å². The number of ether oxygens (including phenoxy) is 1. The van der Waals surface area contributed by atoms with Gasteiger partial charge in [0.05, 0.1) is 10.7 Å². The van der Waals surface area contributed by atoms with Gasteiger partial charge in [-0.3, -0.25) is 4.79 Å². The summed E-state index contributed by atoms with van der Waals surface area (Å²) in [6, 6.07) is 7.38. The molecule has 21 heavy (non-hydrogen) atoms. The molecule has 0 unspecified atom stereocenters. The molecule has 1 aromatic carbocycles. The first-order chi connectivity index (χ1) is 9.95. The molecule has 5 nitrogen and oxygen atoms in total. The van der Waals surface area contributed by atoms with E-state index in [1.807, 2.05) is 26.0 Å². The molecule has 2 rings (SSSR count). The third kappa shape index (κ3) is 4.13. The van der Waals surface area contributed by atoms with Gasteiger partial charge in [-0.2, -0.15) is 0 Å². The van der Waals surface area contributed by atoms with Crippen molar-refractivity contribution in [3.05, 3.63) is 45.4 Å². The predicted octanol–water partition coefficient (Wildman–Crippen LogP) is 2.86. The lowest BCUT2D eigenvalue weighted by molar-refractivity contribution is -0.119. The number of nitrogens with zero attached hydrogens (tertiary/aromatic N) is 1. The van der Waals surface area contributed by atoms with E-state index in [1.54, 1.807) is 19.1 Å². The van der Waals surface area contributed by atoms with Crippen LogP contribution in [0, 0.1) is 20.8 Å². The lowest BCUT2D eigenvalue weighted by Gasteiger charge is -2.06. The van der Waals surface area contributed by atoms with Crippen molar-refractivity contribution < 1.29 is 14.3 Å². The van der Waals surface area contributed by atoms with E-state index in [2.05, 4.69) is 10.3 Å². The van der Waals surface area contributed by atoms with E-state index in [9.17, 15) is 9.59 Å². The Hall–Kier alpha value is -2.21. The summed E-state index contributed by atoms with van der Waals surface area (Å²) in [5.74, 6) is -0.886.